The van der Waals surface area contributed by atoms with Crippen LogP contribution in [0.2, 0.25) is 0 Å². The number of rotatable bonds is 3. The SMILES string of the molecule is Nc1cc(C(=O)NC2CCCSC2)n(C2CC2)c1. The first-order valence-electron chi connectivity index (χ1n) is 6.60. The predicted octanol–water partition coefficient (Wildman–Crippen LogP) is 2.03. The Balaban J connectivity index is 1.71. The number of aromatic nitrogens is 1. The maximum Gasteiger partial charge on any atom is 0.268 e. The van der Waals surface area contributed by atoms with Crippen molar-refractivity contribution in [1.82, 2.24) is 9.88 Å². The molecule has 2 aliphatic rings. The highest BCUT2D eigenvalue weighted by Crippen LogP contribution is 2.37. The number of nitrogens with one attached hydrogen (secondary N) is 1. The highest BCUT2D eigenvalue weighted by Gasteiger charge is 2.28. The Morgan fingerprint density at radius 1 is 1.44 bits per heavy atom. The summed E-state index contributed by atoms with van der Waals surface area (Å²) in [6.45, 7) is 0. The first-order chi connectivity index (χ1) is 8.74. The molecular weight excluding hydrogens is 246 g/mol. The zero-order valence-corrected chi connectivity index (χ0v) is 11.2. The van der Waals surface area contributed by atoms with E-state index in [9.17, 15) is 4.79 Å². The zero-order chi connectivity index (χ0) is 12.5. The molecule has 1 atom stereocenters. The summed E-state index contributed by atoms with van der Waals surface area (Å²) in [6, 6.07) is 2.60. The lowest BCUT2D eigenvalue weighted by Crippen LogP contribution is -2.39. The first kappa shape index (κ1) is 12.0. The summed E-state index contributed by atoms with van der Waals surface area (Å²) in [5.41, 5.74) is 7.22. The van der Waals surface area contributed by atoms with E-state index in [1.54, 1.807) is 6.07 Å². The van der Waals surface area contributed by atoms with Crippen LogP contribution in [-0.2, 0) is 0 Å². The third kappa shape index (κ3) is 2.51. The van der Waals surface area contributed by atoms with E-state index >= 15 is 0 Å². The summed E-state index contributed by atoms with van der Waals surface area (Å²) >= 11 is 1.92. The average molecular weight is 265 g/mol. The standard InChI is InChI=1S/C13H19N3OS/c14-9-6-12(16(7-9)11-3-4-11)13(17)15-10-2-1-5-18-8-10/h6-7,10-11H,1-5,8,14H2,(H,15,17). The van der Waals surface area contributed by atoms with Crippen LogP contribution in [0.1, 0.15) is 42.2 Å². The highest BCUT2D eigenvalue weighted by atomic mass is 32.2. The fraction of sp³-hybridized carbons (Fsp3) is 0.615. The molecule has 3 rings (SSSR count). The molecule has 5 heteroatoms. The molecule has 1 aliphatic carbocycles. The molecule has 0 radical (unpaired) electrons. The fourth-order valence-electron chi connectivity index (χ4n) is 2.45. The van der Waals surface area contributed by atoms with Crippen molar-refractivity contribution in [2.45, 2.75) is 37.8 Å². The fourth-order valence-corrected chi connectivity index (χ4v) is 3.52. The van der Waals surface area contributed by atoms with Gasteiger partial charge in [-0.15, -0.1) is 0 Å². The summed E-state index contributed by atoms with van der Waals surface area (Å²) in [4.78, 5) is 12.3. The molecule has 98 valence electrons. The molecule has 18 heavy (non-hydrogen) atoms. The summed E-state index contributed by atoms with van der Waals surface area (Å²) in [5.74, 6) is 2.29. The minimum Gasteiger partial charge on any atom is -0.397 e. The van der Waals surface area contributed by atoms with Crippen LogP contribution in [0.25, 0.3) is 0 Å². The number of carbonyl (C=O) groups excluding carboxylic acids is 1. The lowest BCUT2D eigenvalue weighted by atomic mass is 10.2. The van der Waals surface area contributed by atoms with Crippen LogP contribution in [0, 0.1) is 0 Å². The summed E-state index contributed by atoms with van der Waals surface area (Å²) < 4.78 is 2.04. The minimum absolute atomic E-state index is 0.0334. The Hall–Kier alpha value is -1.10. The molecule has 0 aromatic carbocycles. The van der Waals surface area contributed by atoms with E-state index in [1.165, 1.54) is 12.2 Å². The van der Waals surface area contributed by atoms with Crippen LogP contribution in [0.5, 0.6) is 0 Å². The molecule has 4 nitrogen and oxygen atoms in total. The van der Waals surface area contributed by atoms with Crippen LogP contribution < -0.4 is 11.1 Å². The van der Waals surface area contributed by atoms with Crippen molar-refractivity contribution in [2.24, 2.45) is 0 Å². The smallest absolute Gasteiger partial charge is 0.268 e. The summed E-state index contributed by atoms with van der Waals surface area (Å²) in [6.07, 6.45) is 6.50. The van der Waals surface area contributed by atoms with Gasteiger partial charge in [-0.1, -0.05) is 0 Å². The van der Waals surface area contributed by atoms with Gasteiger partial charge < -0.3 is 15.6 Å². The van der Waals surface area contributed by atoms with E-state index < -0.39 is 0 Å². The third-order valence-corrected chi connectivity index (χ3v) is 4.75. The van der Waals surface area contributed by atoms with E-state index in [1.807, 2.05) is 22.5 Å². The lowest BCUT2D eigenvalue weighted by Gasteiger charge is -2.22. The quantitative estimate of drug-likeness (QED) is 0.879. The maximum absolute atomic E-state index is 12.3. The van der Waals surface area contributed by atoms with Crippen molar-refractivity contribution in [3.8, 4) is 0 Å². The molecule has 1 unspecified atom stereocenters. The molecule has 1 saturated carbocycles. The van der Waals surface area contributed by atoms with Crippen molar-refractivity contribution in [3.05, 3.63) is 18.0 Å². The molecule has 3 N–H and O–H groups in total. The van der Waals surface area contributed by atoms with Gasteiger partial charge in [0.25, 0.3) is 5.91 Å². The third-order valence-electron chi connectivity index (χ3n) is 3.54. The number of nitrogens with zero attached hydrogens (tertiary/aromatic N) is 1. The van der Waals surface area contributed by atoms with Crippen LogP contribution in [0.15, 0.2) is 12.3 Å². The minimum atomic E-state index is 0.0334. The molecule has 1 amide bonds. The second-order valence-corrected chi connectivity index (χ2v) is 6.33. The number of hydrogen-bond acceptors (Lipinski definition) is 3. The number of nitrogen functional groups attached to an aromatic ring is 1. The molecule has 1 aromatic rings. The van der Waals surface area contributed by atoms with E-state index in [0.717, 1.165) is 30.7 Å². The number of amides is 1. The number of hydrogen-bond donors (Lipinski definition) is 2. The van der Waals surface area contributed by atoms with Gasteiger partial charge in [0.05, 0.1) is 5.69 Å². The Morgan fingerprint density at radius 2 is 2.28 bits per heavy atom. The van der Waals surface area contributed by atoms with Crippen LogP contribution in [-0.4, -0.2) is 28.0 Å². The van der Waals surface area contributed by atoms with E-state index in [-0.39, 0.29) is 5.91 Å². The Kier molecular flexibility index (Phi) is 3.24. The lowest BCUT2D eigenvalue weighted by molar-refractivity contribution is 0.0929. The van der Waals surface area contributed by atoms with Gasteiger partial charge in [-0.2, -0.15) is 11.8 Å². The van der Waals surface area contributed by atoms with Crippen molar-refractivity contribution in [1.29, 1.82) is 0 Å². The van der Waals surface area contributed by atoms with Crippen molar-refractivity contribution >= 4 is 23.4 Å². The Bertz CT molecular complexity index is 447. The van der Waals surface area contributed by atoms with Gasteiger partial charge in [0.2, 0.25) is 0 Å². The van der Waals surface area contributed by atoms with Gasteiger partial charge in [0.1, 0.15) is 5.69 Å². The van der Waals surface area contributed by atoms with E-state index in [4.69, 9.17) is 5.73 Å². The van der Waals surface area contributed by atoms with Crippen LogP contribution in [0.3, 0.4) is 0 Å². The molecule has 1 aromatic heterocycles. The average Bonchev–Trinajstić information content (AvgIpc) is 3.13. The number of nitrogens with two attached hydrogens (primary N) is 1. The van der Waals surface area contributed by atoms with Crippen molar-refractivity contribution in [3.63, 3.8) is 0 Å². The van der Waals surface area contributed by atoms with E-state index in [0.29, 0.717) is 17.8 Å². The summed E-state index contributed by atoms with van der Waals surface area (Å²) in [5, 5.41) is 3.14. The topological polar surface area (TPSA) is 60.1 Å². The largest absolute Gasteiger partial charge is 0.397 e. The molecule has 1 saturated heterocycles. The maximum atomic E-state index is 12.3. The normalized spacial score (nSPS) is 23.9. The monoisotopic (exact) mass is 265 g/mol. The van der Waals surface area contributed by atoms with Gasteiger partial charge >= 0.3 is 0 Å². The molecule has 2 fully saturated rings. The Morgan fingerprint density at radius 3 is 2.94 bits per heavy atom. The summed E-state index contributed by atoms with van der Waals surface area (Å²) in [7, 11) is 0. The van der Waals surface area contributed by atoms with Crippen LogP contribution >= 0.6 is 11.8 Å². The van der Waals surface area contributed by atoms with Gasteiger partial charge in [-0.3, -0.25) is 4.79 Å². The van der Waals surface area contributed by atoms with Gasteiger partial charge in [-0.05, 0) is 37.5 Å². The van der Waals surface area contributed by atoms with Crippen LogP contribution in [0.4, 0.5) is 5.69 Å². The van der Waals surface area contributed by atoms with E-state index in [2.05, 4.69) is 5.32 Å². The first-order valence-corrected chi connectivity index (χ1v) is 7.75. The van der Waals surface area contributed by atoms with Crippen molar-refractivity contribution in [2.75, 3.05) is 17.2 Å². The highest BCUT2D eigenvalue weighted by molar-refractivity contribution is 7.99. The molecular formula is C13H19N3OS. The number of anilines is 1. The second kappa shape index (κ2) is 4.88. The van der Waals surface area contributed by atoms with Crippen molar-refractivity contribution < 1.29 is 4.79 Å². The Labute approximate surface area is 111 Å². The zero-order valence-electron chi connectivity index (χ0n) is 10.4. The molecule has 0 bridgehead atoms. The van der Waals surface area contributed by atoms with Gasteiger partial charge in [0, 0.05) is 24.0 Å². The molecule has 0 spiro atoms. The predicted molar refractivity (Wildman–Crippen MR) is 74.9 cm³/mol. The van der Waals surface area contributed by atoms with Gasteiger partial charge in [-0.25, -0.2) is 0 Å². The number of thioether (sulfide) groups is 1. The molecule has 2 heterocycles. The number of carbonyl (C=O) groups is 1. The second-order valence-electron chi connectivity index (χ2n) is 5.18. The van der Waals surface area contributed by atoms with Gasteiger partial charge in [0.15, 0.2) is 0 Å². The molecule has 1 aliphatic heterocycles.